The Kier molecular flexibility index (Phi) is 2.42. The summed E-state index contributed by atoms with van der Waals surface area (Å²) in [7, 11) is 0. The molecule has 1 aromatic heterocycles. The largest absolute Gasteiger partial charge is 0.361 e. The first-order valence-electron chi connectivity index (χ1n) is 4.33. The molecular formula is C9H6N4O3. The zero-order chi connectivity index (χ0) is 11.5. The number of nitrogens with one attached hydrogen (secondary N) is 1. The Hall–Kier alpha value is -2.57. The van der Waals surface area contributed by atoms with E-state index in [0.717, 1.165) is 0 Å². The van der Waals surface area contributed by atoms with Crippen LogP contribution in [-0.4, -0.2) is 20.1 Å². The number of aromatic nitrogens is 3. The van der Waals surface area contributed by atoms with Crippen LogP contribution in [0.3, 0.4) is 0 Å². The Morgan fingerprint density at radius 1 is 1.38 bits per heavy atom. The molecule has 1 heterocycles. The van der Waals surface area contributed by atoms with E-state index < -0.39 is 10.6 Å². The molecule has 7 nitrogen and oxygen atoms in total. The summed E-state index contributed by atoms with van der Waals surface area (Å²) < 4.78 is 0. The van der Waals surface area contributed by atoms with Crippen molar-refractivity contribution in [1.82, 2.24) is 15.2 Å². The van der Waals surface area contributed by atoms with Crippen LogP contribution >= 0.6 is 0 Å². The summed E-state index contributed by atoms with van der Waals surface area (Å²) in [6.07, 6.45) is 1.33. The summed E-state index contributed by atoms with van der Waals surface area (Å²) in [5.41, 5.74) is 0.129. The van der Waals surface area contributed by atoms with Gasteiger partial charge in [-0.2, -0.15) is 10.1 Å². The lowest BCUT2D eigenvalue weighted by molar-refractivity contribution is -0.384. The van der Waals surface area contributed by atoms with Crippen molar-refractivity contribution < 1.29 is 4.92 Å². The van der Waals surface area contributed by atoms with E-state index >= 15 is 0 Å². The molecule has 0 saturated carbocycles. The topological polar surface area (TPSA) is 102 Å². The van der Waals surface area contributed by atoms with Gasteiger partial charge < -0.3 is 0 Å². The summed E-state index contributed by atoms with van der Waals surface area (Å²) in [4.78, 5) is 24.6. The predicted molar refractivity (Wildman–Crippen MR) is 54.7 cm³/mol. The lowest BCUT2D eigenvalue weighted by Gasteiger charge is -1.98. The molecule has 80 valence electrons. The van der Waals surface area contributed by atoms with Crippen molar-refractivity contribution in [2.75, 3.05) is 0 Å². The van der Waals surface area contributed by atoms with Crippen LogP contribution in [0.15, 0.2) is 35.3 Å². The Bertz CT molecular complexity index is 593. The Morgan fingerprint density at radius 3 is 2.88 bits per heavy atom. The molecule has 0 atom stereocenters. The molecular weight excluding hydrogens is 212 g/mol. The van der Waals surface area contributed by atoms with E-state index in [-0.39, 0.29) is 5.69 Å². The number of non-ortho nitro benzene ring substituents is 1. The molecule has 0 bridgehead atoms. The van der Waals surface area contributed by atoms with E-state index in [4.69, 9.17) is 0 Å². The normalized spacial score (nSPS) is 10.0. The minimum absolute atomic E-state index is 0.0559. The van der Waals surface area contributed by atoms with E-state index in [1.54, 1.807) is 6.07 Å². The van der Waals surface area contributed by atoms with Gasteiger partial charge in [0.1, 0.15) is 0 Å². The van der Waals surface area contributed by atoms with E-state index in [2.05, 4.69) is 15.2 Å². The zero-order valence-corrected chi connectivity index (χ0v) is 7.95. The number of aromatic amines is 1. The van der Waals surface area contributed by atoms with Crippen LogP contribution < -0.4 is 5.69 Å². The molecule has 0 amide bonds. The van der Waals surface area contributed by atoms with Crippen molar-refractivity contribution in [2.24, 2.45) is 0 Å². The van der Waals surface area contributed by atoms with Crippen molar-refractivity contribution in [3.05, 3.63) is 51.1 Å². The van der Waals surface area contributed by atoms with Crippen LogP contribution in [0.5, 0.6) is 0 Å². The SMILES string of the molecule is O=c1nc(-c2cccc([N+](=O)[O-])c2)cn[nH]1. The number of hydrogen-bond acceptors (Lipinski definition) is 5. The van der Waals surface area contributed by atoms with Crippen LogP contribution in [-0.2, 0) is 0 Å². The van der Waals surface area contributed by atoms with Crippen molar-refractivity contribution in [1.29, 1.82) is 0 Å². The number of benzene rings is 1. The minimum atomic E-state index is -0.594. The van der Waals surface area contributed by atoms with Gasteiger partial charge in [0.05, 0.1) is 16.8 Å². The van der Waals surface area contributed by atoms with Crippen LogP contribution in [0.2, 0.25) is 0 Å². The first kappa shape index (κ1) is 9.97. The second kappa shape index (κ2) is 3.89. The molecule has 0 aliphatic carbocycles. The third-order valence-corrected chi connectivity index (χ3v) is 1.92. The van der Waals surface area contributed by atoms with Crippen molar-refractivity contribution in [3.8, 4) is 11.3 Å². The molecule has 0 radical (unpaired) electrons. The molecule has 2 rings (SSSR count). The summed E-state index contributed by atoms with van der Waals surface area (Å²) in [5.74, 6) is 0. The van der Waals surface area contributed by atoms with Crippen molar-refractivity contribution >= 4 is 5.69 Å². The van der Waals surface area contributed by atoms with Gasteiger partial charge in [0, 0.05) is 17.7 Å². The standard InChI is InChI=1S/C9H6N4O3/c14-9-11-8(5-10-12-9)6-2-1-3-7(4-6)13(15)16/h1-5H,(H,11,12,14). The van der Waals surface area contributed by atoms with E-state index in [9.17, 15) is 14.9 Å². The third kappa shape index (κ3) is 1.92. The molecule has 0 spiro atoms. The fraction of sp³-hybridized carbons (Fsp3) is 0. The van der Waals surface area contributed by atoms with Crippen molar-refractivity contribution in [3.63, 3.8) is 0 Å². The number of nitro groups is 1. The Morgan fingerprint density at radius 2 is 2.19 bits per heavy atom. The highest BCUT2D eigenvalue weighted by Gasteiger charge is 2.08. The molecule has 16 heavy (non-hydrogen) atoms. The fourth-order valence-electron chi connectivity index (χ4n) is 1.23. The first-order valence-corrected chi connectivity index (χ1v) is 4.33. The molecule has 0 fully saturated rings. The lowest BCUT2D eigenvalue weighted by Crippen LogP contribution is -2.11. The maximum Gasteiger partial charge on any atom is 0.361 e. The number of H-pyrrole nitrogens is 1. The number of nitro benzene ring substituents is 1. The van der Waals surface area contributed by atoms with Gasteiger partial charge in [-0.25, -0.2) is 9.89 Å². The van der Waals surface area contributed by atoms with Crippen LogP contribution in [0, 0.1) is 10.1 Å². The molecule has 0 saturated heterocycles. The highest BCUT2D eigenvalue weighted by atomic mass is 16.6. The second-order valence-corrected chi connectivity index (χ2v) is 2.98. The van der Waals surface area contributed by atoms with Gasteiger partial charge in [0.15, 0.2) is 0 Å². The molecule has 7 heteroatoms. The number of hydrogen-bond donors (Lipinski definition) is 1. The summed E-state index contributed by atoms with van der Waals surface area (Å²) >= 11 is 0. The van der Waals surface area contributed by atoms with E-state index in [0.29, 0.717) is 11.3 Å². The summed E-state index contributed by atoms with van der Waals surface area (Å²) in [5, 5.41) is 16.2. The minimum Gasteiger partial charge on any atom is -0.258 e. The molecule has 0 aliphatic rings. The maximum atomic E-state index is 10.9. The highest BCUT2D eigenvalue weighted by Crippen LogP contribution is 2.20. The van der Waals surface area contributed by atoms with Gasteiger partial charge in [-0.05, 0) is 0 Å². The lowest BCUT2D eigenvalue weighted by atomic mass is 10.1. The van der Waals surface area contributed by atoms with Crippen LogP contribution in [0.25, 0.3) is 11.3 Å². The van der Waals surface area contributed by atoms with E-state index in [1.165, 1.54) is 24.4 Å². The maximum absolute atomic E-state index is 10.9. The molecule has 1 N–H and O–H groups in total. The number of nitrogens with zero attached hydrogens (tertiary/aromatic N) is 3. The van der Waals surface area contributed by atoms with Crippen LogP contribution in [0.4, 0.5) is 5.69 Å². The molecule has 0 aliphatic heterocycles. The van der Waals surface area contributed by atoms with Crippen LogP contribution in [0.1, 0.15) is 0 Å². The quantitative estimate of drug-likeness (QED) is 0.591. The zero-order valence-electron chi connectivity index (χ0n) is 7.95. The van der Waals surface area contributed by atoms with Gasteiger partial charge in [0.2, 0.25) is 0 Å². The smallest absolute Gasteiger partial charge is 0.258 e. The summed E-state index contributed by atoms with van der Waals surface area (Å²) in [6.45, 7) is 0. The monoisotopic (exact) mass is 218 g/mol. The van der Waals surface area contributed by atoms with E-state index in [1.807, 2.05) is 0 Å². The predicted octanol–water partition coefficient (Wildman–Crippen LogP) is 0.740. The summed E-state index contributed by atoms with van der Waals surface area (Å²) in [6, 6.07) is 5.85. The molecule has 2 aromatic rings. The highest BCUT2D eigenvalue weighted by molar-refractivity contribution is 5.61. The molecule has 0 unspecified atom stereocenters. The van der Waals surface area contributed by atoms with Crippen molar-refractivity contribution in [2.45, 2.75) is 0 Å². The average Bonchev–Trinajstić information content (AvgIpc) is 2.29. The first-order chi connectivity index (χ1) is 7.66. The Labute approximate surface area is 88.9 Å². The fourth-order valence-corrected chi connectivity index (χ4v) is 1.23. The van der Waals surface area contributed by atoms with Gasteiger partial charge >= 0.3 is 5.69 Å². The molecule has 1 aromatic carbocycles. The van der Waals surface area contributed by atoms with Gasteiger partial charge in [0.25, 0.3) is 5.69 Å². The Balaban J connectivity index is 2.52. The second-order valence-electron chi connectivity index (χ2n) is 2.98. The van der Waals surface area contributed by atoms with Gasteiger partial charge in [-0.1, -0.05) is 12.1 Å². The average molecular weight is 218 g/mol. The number of rotatable bonds is 2. The van der Waals surface area contributed by atoms with Gasteiger partial charge in [-0.15, -0.1) is 0 Å². The van der Waals surface area contributed by atoms with Gasteiger partial charge in [-0.3, -0.25) is 10.1 Å². The third-order valence-electron chi connectivity index (χ3n) is 1.92.